The van der Waals surface area contributed by atoms with Gasteiger partial charge in [0.2, 0.25) is 5.78 Å². The zero-order valence-corrected chi connectivity index (χ0v) is 7.82. The van der Waals surface area contributed by atoms with Crippen LogP contribution in [0, 0.1) is 0 Å². The zero-order valence-electron chi connectivity index (χ0n) is 6.24. The first kappa shape index (κ1) is 7.70. The quantitative estimate of drug-likeness (QED) is 0.788. The summed E-state index contributed by atoms with van der Waals surface area (Å²) in [5.41, 5.74) is 6.46. The molecule has 0 aliphatic carbocycles. The molecule has 0 aromatic carbocycles. The summed E-state index contributed by atoms with van der Waals surface area (Å²) in [5.74, 6) is 0.680. The first-order valence-corrected chi connectivity index (χ1v) is 4.28. The Balaban J connectivity index is 2.71. The van der Waals surface area contributed by atoms with E-state index in [1.165, 1.54) is 0 Å². The van der Waals surface area contributed by atoms with Crippen molar-refractivity contribution < 1.29 is 0 Å². The van der Waals surface area contributed by atoms with Crippen LogP contribution in [-0.2, 0) is 6.54 Å². The number of aromatic nitrogens is 3. The van der Waals surface area contributed by atoms with Crippen LogP contribution >= 0.6 is 15.9 Å². The molecule has 2 N–H and O–H groups in total. The summed E-state index contributed by atoms with van der Waals surface area (Å²) in [5, 5.41) is 0. The molecule has 0 aliphatic heterocycles. The van der Waals surface area contributed by atoms with Gasteiger partial charge in [0.05, 0.1) is 6.20 Å². The van der Waals surface area contributed by atoms with Crippen molar-refractivity contribution in [3.8, 4) is 0 Å². The molecule has 12 heavy (non-hydrogen) atoms. The van der Waals surface area contributed by atoms with E-state index in [1.807, 2.05) is 10.6 Å². The average Bonchev–Trinajstić information content (AvgIpc) is 2.47. The van der Waals surface area contributed by atoms with Gasteiger partial charge >= 0.3 is 0 Å². The maximum absolute atomic E-state index is 5.47. The highest BCUT2D eigenvalue weighted by molar-refractivity contribution is 9.10. The van der Waals surface area contributed by atoms with Crippen molar-refractivity contribution in [1.82, 2.24) is 14.4 Å². The van der Waals surface area contributed by atoms with Crippen molar-refractivity contribution in [2.24, 2.45) is 5.73 Å². The van der Waals surface area contributed by atoms with E-state index < -0.39 is 0 Å². The van der Waals surface area contributed by atoms with E-state index in [0.717, 1.165) is 10.2 Å². The van der Waals surface area contributed by atoms with Crippen LogP contribution in [0.15, 0.2) is 23.2 Å². The minimum absolute atomic E-state index is 0.494. The molecule has 2 rings (SSSR count). The molecule has 4 nitrogen and oxygen atoms in total. The van der Waals surface area contributed by atoms with Crippen LogP contribution < -0.4 is 5.73 Å². The summed E-state index contributed by atoms with van der Waals surface area (Å²) in [4.78, 5) is 8.17. The van der Waals surface area contributed by atoms with Crippen LogP contribution in [0.2, 0.25) is 0 Å². The lowest BCUT2D eigenvalue weighted by Gasteiger charge is -1.97. The molecule has 0 aliphatic rings. The molecule has 0 fully saturated rings. The molecule has 0 saturated carbocycles. The highest BCUT2D eigenvalue weighted by Gasteiger charge is 2.00. The summed E-state index contributed by atoms with van der Waals surface area (Å²) in [6, 6.07) is 0. The number of halogens is 1. The fourth-order valence-corrected chi connectivity index (χ4v) is 1.35. The van der Waals surface area contributed by atoms with Crippen LogP contribution in [0.4, 0.5) is 0 Å². The number of fused-ring (bicyclic) bond motifs is 1. The maximum atomic E-state index is 5.47. The van der Waals surface area contributed by atoms with E-state index in [4.69, 9.17) is 5.73 Å². The highest BCUT2D eigenvalue weighted by atomic mass is 79.9. The second-order valence-corrected chi connectivity index (χ2v) is 3.23. The topological polar surface area (TPSA) is 56.2 Å². The first-order valence-electron chi connectivity index (χ1n) is 3.49. The van der Waals surface area contributed by atoms with Crippen LogP contribution in [0.1, 0.15) is 5.56 Å². The Labute approximate surface area is 77.6 Å². The van der Waals surface area contributed by atoms with Gasteiger partial charge in [-0.2, -0.15) is 0 Å². The Morgan fingerprint density at radius 2 is 2.17 bits per heavy atom. The average molecular weight is 227 g/mol. The molecular weight excluding hydrogens is 220 g/mol. The monoisotopic (exact) mass is 226 g/mol. The summed E-state index contributed by atoms with van der Waals surface area (Å²) < 4.78 is 2.74. The summed E-state index contributed by atoms with van der Waals surface area (Å²) >= 11 is 3.35. The normalized spacial score (nSPS) is 10.8. The molecule has 0 unspecified atom stereocenters. The van der Waals surface area contributed by atoms with Crippen molar-refractivity contribution in [2.45, 2.75) is 6.54 Å². The molecule has 5 heteroatoms. The SMILES string of the molecule is NCc1cnc2ncc(Br)n2c1. The predicted molar refractivity (Wildman–Crippen MR) is 48.6 cm³/mol. The number of hydrogen-bond acceptors (Lipinski definition) is 3. The molecule has 2 aromatic rings. The van der Waals surface area contributed by atoms with Crippen LogP contribution in [0.3, 0.4) is 0 Å². The maximum Gasteiger partial charge on any atom is 0.234 e. The molecule has 0 saturated heterocycles. The molecule has 0 radical (unpaired) electrons. The number of rotatable bonds is 1. The fourth-order valence-electron chi connectivity index (χ4n) is 0.991. The number of nitrogens with zero attached hydrogens (tertiary/aromatic N) is 3. The molecule has 62 valence electrons. The standard InChI is InChI=1S/C7H7BrN4/c8-6-3-11-7-10-2-5(1-9)4-12(6)7/h2-4H,1,9H2. The van der Waals surface area contributed by atoms with E-state index in [-0.39, 0.29) is 0 Å². The Morgan fingerprint density at radius 1 is 1.42 bits per heavy atom. The highest BCUT2D eigenvalue weighted by Crippen LogP contribution is 2.11. The van der Waals surface area contributed by atoms with Gasteiger partial charge in [0, 0.05) is 24.5 Å². The van der Waals surface area contributed by atoms with E-state index in [0.29, 0.717) is 12.3 Å². The minimum Gasteiger partial charge on any atom is -0.326 e. The van der Waals surface area contributed by atoms with Crippen molar-refractivity contribution in [3.05, 3.63) is 28.8 Å². The smallest absolute Gasteiger partial charge is 0.234 e. The van der Waals surface area contributed by atoms with Gasteiger partial charge in [0.1, 0.15) is 4.60 Å². The van der Waals surface area contributed by atoms with Gasteiger partial charge in [0.25, 0.3) is 0 Å². The molecule has 0 spiro atoms. The van der Waals surface area contributed by atoms with E-state index in [9.17, 15) is 0 Å². The third kappa shape index (κ3) is 1.11. The largest absolute Gasteiger partial charge is 0.326 e. The second-order valence-electron chi connectivity index (χ2n) is 2.42. The van der Waals surface area contributed by atoms with Gasteiger partial charge in [0.15, 0.2) is 0 Å². The van der Waals surface area contributed by atoms with Crippen molar-refractivity contribution >= 4 is 21.7 Å². The zero-order chi connectivity index (χ0) is 8.55. The third-order valence-electron chi connectivity index (χ3n) is 1.61. The lowest BCUT2D eigenvalue weighted by molar-refractivity contribution is 0.982. The van der Waals surface area contributed by atoms with Crippen molar-refractivity contribution in [2.75, 3.05) is 0 Å². The van der Waals surface area contributed by atoms with Crippen LogP contribution in [-0.4, -0.2) is 14.4 Å². The minimum atomic E-state index is 0.494. The van der Waals surface area contributed by atoms with Crippen LogP contribution in [0.25, 0.3) is 5.78 Å². The fraction of sp³-hybridized carbons (Fsp3) is 0.143. The Bertz CT molecular complexity index is 409. The van der Waals surface area contributed by atoms with Crippen molar-refractivity contribution in [3.63, 3.8) is 0 Å². The van der Waals surface area contributed by atoms with Crippen molar-refractivity contribution in [1.29, 1.82) is 0 Å². The molecule has 0 amide bonds. The predicted octanol–water partition coefficient (Wildman–Crippen LogP) is 0.951. The van der Waals surface area contributed by atoms with Gasteiger partial charge in [-0.25, -0.2) is 9.97 Å². The van der Waals surface area contributed by atoms with Crippen LogP contribution in [0.5, 0.6) is 0 Å². The molecule has 0 bridgehead atoms. The van der Waals surface area contributed by atoms with E-state index >= 15 is 0 Å². The lowest BCUT2D eigenvalue weighted by Crippen LogP contribution is -2.00. The van der Waals surface area contributed by atoms with Gasteiger partial charge in [-0.1, -0.05) is 0 Å². The van der Waals surface area contributed by atoms with Gasteiger partial charge in [-0.05, 0) is 15.9 Å². The van der Waals surface area contributed by atoms with E-state index in [2.05, 4.69) is 25.9 Å². The number of hydrogen-bond donors (Lipinski definition) is 1. The number of imidazole rings is 1. The molecular formula is C7H7BrN4. The van der Waals surface area contributed by atoms with Gasteiger partial charge in [-0.15, -0.1) is 0 Å². The molecule has 0 atom stereocenters. The first-order chi connectivity index (χ1) is 5.81. The summed E-state index contributed by atoms with van der Waals surface area (Å²) in [7, 11) is 0. The van der Waals surface area contributed by atoms with Gasteiger partial charge in [-0.3, -0.25) is 4.40 Å². The Kier molecular flexibility index (Phi) is 1.82. The Morgan fingerprint density at radius 3 is 2.92 bits per heavy atom. The molecule has 2 heterocycles. The lowest BCUT2D eigenvalue weighted by atomic mass is 10.3. The summed E-state index contributed by atoms with van der Waals surface area (Å²) in [6.07, 6.45) is 5.36. The molecule has 2 aromatic heterocycles. The number of nitrogens with two attached hydrogens (primary N) is 1. The Hall–Kier alpha value is -0.940. The second kappa shape index (κ2) is 2.84. The van der Waals surface area contributed by atoms with Gasteiger partial charge < -0.3 is 5.73 Å². The van der Waals surface area contributed by atoms with E-state index in [1.54, 1.807) is 12.4 Å². The summed E-state index contributed by atoms with van der Waals surface area (Å²) in [6.45, 7) is 0.494. The third-order valence-corrected chi connectivity index (χ3v) is 2.20.